The Morgan fingerprint density at radius 1 is 1.47 bits per heavy atom. The molecule has 1 aliphatic rings. The maximum Gasteiger partial charge on any atom is 0.123 e. The van der Waals surface area contributed by atoms with Gasteiger partial charge in [0, 0.05) is 10.5 Å². The molecule has 1 aliphatic carbocycles. The van der Waals surface area contributed by atoms with E-state index in [-0.39, 0.29) is 11.9 Å². The molecule has 1 unspecified atom stereocenters. The number of halogens is 2. The molecule has 80 valence electrons. The van der Waals surface area contributed by atoms with E-state index in [1.54, 1.807) is 12.1 Å². The van der Waals surface area contributed by atoms with E-state index < -0.39 is 0 Å². The van der Waals surface area contributed by atoms with Crippen molar-refractivity contribution in [3.8, 4) is 0 Å². The predicted octanol–water partition coefficient (Wildman–Crippen LogP) is 3.48. The summed E-state index contributed by atoms with van der Waals surface area (Å²) in [6.45, 7) is 0. The Kier molecular flexibility index (Phi) is 3.22. The van der Waals surface area contributed by atoms with Crippen molar-refractivity contribution in [2.45, 2.75) is 25.3 Å². The number of benzene rings is 1. The van der Waals surface area contributed by atoms with Crippen molar-refractivity contribution in [3.05, 3.63) is 39.6 Å². The number of hydrogen-bond donors (Lipinski definition) is 1. The van der Waals surface area contributed by atoms with Crippen LogP contribution in [0.4, 0.5) is 4.39 Å². The average molecular weight is 270 g/mol. The molecule has 0 saturated heterocycles. The summed E-state index contributed by atoms with van der Waals surface area (Å²) >= 11 is 3.41. The lowest BCUT2D eigenvalue weighted by Gasteiger charge is -2.01. The van der Waals surface area contributed by atoms with Crippen LogP contribution in [0.15, 0.2) is 28.2 Å². The number of rotatable bonds is 1. The third-order valence-corrected chi connectivity index (χ3v) is 3.40. The molecule has 2 rings (SSSR count). The van der Waals surface area contributed by atoms with Gasteiger partial charge in [0.05, 0.1) is 0 Å². The normalized spacial score (nSPS) is 23.7. The summed E-state index contributed by atoms with van der Waals surface area (Å²) in [5.41, 5.74) is 8.04. The van der Waals surface area contributed by atoms with Crippen LogP contribution in [0.5, 0.6) is 0 Å². The van der Waals surface area contributed by atoms with Crippen molar-refractivity contribution in [3.63, 3.8) is 0 Å². The Hall–Kier alpha value is -0.670. The lowest BCUT2D eigenvalue weighted by atomic mass is 10.1. The highest BCUT2D eigenvalue weighted by Gasteiger charge is 2.15. The van der Waals surface area contributed by atoms with Crippen molar-refractivity contribution >= 4 is 22.0 Å². The van der Waals surface area contributed by atoms with Gasteiger partial charge < -0.3 is 5.73 Å². The standard InChI is InChI=1S/C12H13BrFN/c13-12-4-2-10(14)7-9(12)5-8-1-3-11(15)6-8/h2,4-5,7,11H,1,3,6,15H2. The smallest absolute Gasteiger partial charge is 0.123 e. The second kappa shape index (κ2) is 4.45. The first kappa shape index (κ1) is 10.8. The first-order chi connectivity index (χ1) is 7.15. The van der Waals surface area contributed by atoms with Gasteiger partial charge in [-0.2, -0.15) is 0 Å². The van der Waals surface area contributed by atoms with E-state index in [4.69, 9.17) is 5.73 Å². The Labute approximate surface area is 97.3 Å². The van der Waals surface area contributed by atoms with Gasteiger partial charge in [-0.25, -0.2) is 4.39 Å². The zero-order valence-corrected chi connectivity index (χ0v) is 9.93. The summed E-state index contributed by atoms with van der Waals surface area (Å²) in [5, 5.41) is 0. The molecule has 1 atom stereocenters. The van der Waals surface area contributed by atoms with E-state index >= 15 is 0 Å². The molecule has 0 aromatic heterocycles. The van der Waals surface area contributed by atoms with Crippen LogP contribution in [0, 0.1) is 5.82 Å². The highest BCUT2D eigenvalue weighted by Crippen LogP contribution is 2.28. The van der Waals surface area contributed by atoms with Crippen molar-refractivity contribution in [2.75, 3.05) is 0 Å². The SMILES string of the molecule is NC1CCC(=Cc2cc(F)ccc2Br)C1. The molecule has 0 spiro atoms. The molecule has 1 fully saturated rings. The van der Waals surface area contributed by atoms with E-state index in [1.807, 2.05) is 6.08 Å². The van der Waals surface area contributed by atoms with Gasteiger partial charge in [-0.05, 0) is 43.0 Å². The fourth-order valence-electron chi connectivity index (χ4n) is 1.89. The van der Waals surface area contributed by atoms with E-state index in [1.165, 1.54) is 11.6 Å². The quantitative estimate of drug-likeness (QED) is 0.830. The molecule has 1 saturated carbocycles. The van der Waals surface area contributed by atoms with Crippen molar-refractivity contribution in [2.24, 2.45) is 5.73 Å². The van der Waals surface area contributed by atoms with E-state index in [0.717, 1.165) is 29.3 Å². The fraction of sp³-hybridized carbons (Fsp3) is 0.333. The van der Waals surface area contributed by atoms with E-state index in [0.29, 0.717) is 0 Å². The summed E-state index contributed by atoms with van der Waals surface area (Å²) in [6.07, 6.45) is 5.05. The molecule has 3 heteroatoms. The maximum atomic E-state index is 13.0. The molecule has 1 aromatic rings. The van der Waals surface area contributed by atoms with Crippen LogP contribution in [0.1, 0.15) is 24.8 Å². The van der Waals surface area contributed by atoms with Gasteiger partial charge in [0.15, 0.2) is 0 Å². The summed E-state index contributed by atoms with van der Waals surface area (Å²) in [5.74, 6) is -0.202. The van der Waals surface area contributed by atoms with Crippen molar-refractivity contribution < 1.29 is 4.39 Å². The van der Waals surface area contributed by atoms with Crippen LogP contribution in [-0.2, 0) is 0 Å². The average Bonchev–Trinajstić information content (AvgIpc) is 2.58. The van der Waals surface area contributed by atoms with Crippen LogP contribution in [-0.4, -0.2) is 6.04 Å². The molecule has 0 amide bonds. The van der Waals surface area contributed by atoms with Crippen LogP contribution in [0.25, 0.3) is 6.08 Å². The van der Waals surface area contributed by atoms with Gasteiger partial charge in [-0.15, -0.1) is 0 Å². The van der Waals surface area contributed by atoms with E-state index in [2.05, 4.69) is 15.9 Å². The molecule has 1 nitrogen and oxygen atoms in total. The molecular weight excluding hydrogens is 257 g/mol. The highest BCUT2D eigenvalue weighted by molar-refractivity contribution is 9.10. The summed E-state index contributed by atoms with van der Waals surface area (Å²) in [6, 6.07) is 5.01. The number of nitrogens with two attached hydrogens (primary N) is 1. The maximum absolute atomic E-state index is 13.0. The minimum absolute atomic E-state index is 0.202. The monoisotopic (exact) mass is 269 g/mol. The second-order valence-corrected chi connectivity index (χ2v) is 4.83. The lowest BCUT2D eigenvalue weighted by Crippen LogP contribution is -2.13. The zero-order valence-electron chi connectivity index (χ0n) is 8.34. The van der Waals surface area contributed by atoms with Gasteiger partial charge in [0.2, 0.25) is 0 Å². The van der Waals surface area contributed by atoms with Gasteiger partial charge in [0.1, 0.15) is 5.82 Å². The third kappa shape index (κ3) is 2.67. The fourth-order valence-corrected chi connectivity index (χ4v) is 2.25. The molecule has 0 aliphatic heterocycles. The molecule has 2 N–H and O–H groups in total. The minimum atomic E-state index is -0.202. The zero-order chi connectivity index (χ0) is 10.8. The first-order valence-electron chi connectivity index (χ1n) is 5.05. The highest BCUT2D eigenvalue weighted by atomic mass is 79.9. The molecule has 15 heavy (non-hydrogen) atoms. The first-order valence-corrected chi connectivity index (χ1v) is 5.84. The van der Waals surface area contributed by atoms with Gasteiger partial charge in [-0.3, -0.25) is 0 Å². The van der Waals surface area contributed by atoms with Gasteiger partial charge in [0.25, 0.3) is 0 Å². The Morgan fingerprint density at radius 3 is 2.93 bits per heavy atom. The van der Waals surface area contributed by atoms with E-state index in [9.17, 15) is 4.39 Å². The van der Waals surface area contributed by atoms with Crippen molar-refractivity contribution in [1.29, 1.82) is 0 Å². The molecule has 0 radical (unpaired) electrons. The molecule has 0 bridgehead atoms. The predicted molar refractivity (Wildman–Crippen MR) is 63.9 cm³/mol. The minimum Gasteiger partial charge on any atom is -0.327 e. The second-order valence-electron chi connectivity index (χ2n) is 3.97. The largest absolute Gasteiger partial charge is 0.327 e. The summed E-state index contributed by atoms with van der Waals surface area (Å²) in [4.78, 5) is 0. The van der Waals surface area contributed by atoms with Crippen LogP contribution < -0.4 is 5.73 Å². The summed E-state index contributed by atoms with van der Waals surface area (Å²) < 4.78 is 14.0. The lowest BCUT2D eigenvalue weighted by molar-refractivity contribution is 0.627. The van der Waals surface area contributed by atoms with Crippen LogP contribution in [0.3, 0.4) is 0 Å². The molecule has 1 aromatic carbocycles. The van der Waals surface area contributed by atoms with Gasteiger partial charge >= 0.3 is 0 Å². The van der Waals surface area contributed by atoms with Crippen LogP contribution >= 0.6 is 15.9 Å². The van der Waals surface area contributed by atoms with Crippen LogP contribution in [0.2, 0.25) is 0 Å². The Morgan fingerprint density at radius 2 is 2.27 bits per heavy atom. The molecule has 0 heterocycles. The molecular formula is C12H13BrFN. The third-order valence-electron chi connectivity index (χ3n) is 2.68. The topological polar surface area (TPSA) is 26.0 Å². The Balaban J connectivity index is 2.26. The Bertz CT molecular complexity index is 401. The summed E-state index contributed by atoms with van der Waals surface area (Å²) in [7, 11) is 0. The van der Waals surface area contributed by atoms with Crippen molar-refractivity contribution in [1.82, 2.24) is 0 Å². The number of hydrogen-bond acceptors (Lipinski definition) is 1. The van der Waals surface area contributed by atoms with Gasteiger partial charge in [-0.1, -0.05) is 27.6 Å².